The Balaban J connectivity index is 2.03. The molecule has 0 bridgehead atoms. The Labute approximate surface area is 123 Å². The van der Waals surface area contributed by atoms with Gasteiger partial charge in [0, 0.05) is 25.9 Å². The Morgan fingerprint density at radius 1 is 1.40 bits per heavy atom. The fourth-order valence-electron chi connectivity index (χ4n) is 1.72. The van der Waals surface area contributed by atoms with Gasteiger partial charge in [0.05, 0.1) is 17.4 Å². The highest BCUT2D eigenvalue weighted by molar-refractivity contribution is 6.31. The van der Waals surface area contributed by atoms with E-state index in [2.05, 4.69) is 29.2 Å². The number of hydrogen-bond donors (Lipinski definition) is 1. The molecule has 20 heavy (non-hydrogen) atoms. The maximum Gasteiger partial charge on any atom is 0.219 e. The second-order valence-corrected chi connectivity index (χ2v) is 5.50. The SMILES string of the molecule is CC(C)CNCc1cc(Oc2cnn(C)c2)ncc1Cl. The van der Waals surface area contributed by atoms with Gasteiger partial charge in [-0.05, 0) is 18.0 Å². The quantitative estimate of drug-likeness (QED) is 0.890. The summed E-state index contributed by atoms with van der Waals surface area (Å²) in [6.07, 6.45) is 5.04. The van der Waals surface area contributed by atoms with Crippen LogP contribution in [0, 0.1) is 5.92 Å². The van der Waals surface area contributed by atoms with Crippen LogP contribution in [0.25, 0.3) is 0 Å². The van der Waals surface area contributed by atoms with Crippen LogP contribution < -0.4 is 10.1 Å². The van der Waals surface area contributed by atoms with Crippen LogP contribution in [-0.4, -0.2) is 21.3 Å². The molecule has 2 heterocycles. The predicted octanol–water partition coefficient (Wildman–Crippen LogP) is 3.01. The van der Waals surface area contributed by atoms with E-state index in [1.165, 1.54) is 0 Å². The van der Waals surface area contributed by atoms with Gasteiger partial charge in [0.15, 0.2) is 5.75 Å². The fourth-order valence-corrected chi connectivity index (χ4v) is 1.89. The molecule has 0 aromatic carbocycles. The van der Waals surface area contributed by atoms with Crippen LogP contribution in [0.3, 0.4) is 0 Å². The first-order chi connectivity index (χ1) is 9.54. The van der Waals surface area contributed by atoms with Crippen molar-refractivity contribution in [1.29, 1.82) is 0 Å². The van der Waals surface area contributed by atoms with E-state index in [9.17, 15) is 0 Å². The number of nitrogens with zero attached hydrogens (tertiary/aromatic N) is 3. The van der Waals surface area contributed by atoms with Crippen LogP contribution in [0.1, 0.15) is 19.4 Å². The van der Waals surface area contributed by atoms with Crippen LogP contribution in [-0.2, 0) is 13.6 Å². The summed E-state index contributed by atoms with van der Waals surface area (Å²) in [6.45, 7) is 5.97. The molecular formula is C14H19ClN4O. The number of aryl methyl sites for hydroxylation is 1. The summed E-state index contributed by atoms with van der Waals surface area (Å²) in [6, 6.07) is 1.85. The van der Waals surface area contributed by atoms with Gasteiger partial charge in [-0.25, -0.2) is 4.98 Å². The molecule has 0 aliphatic carbocycles. The van der Waals surface area contributed by atoms with E-state index in [-0.39, 0.29) is 0 Å². The largest absolute Gasteiger partial charge is 0.436 e. The van der Waals surface area contributed by atoms with Gasteiger partial charge in [-0.3, -0.25) is 4.68 Å². The van der Waals surface area contributed by atoms with E-state index in [0.717, 1.165) is 12.1 Å². The van der Waals surface area contributed by atoms with E-state index >= 15 is 0 Å². The van der Waals surface area contributed by atoms with E-state index < -0.39 is 0 Å². The molecule has 0 spiro atoms. The monoisotopic (exact) mass is 294 g/mol. The van der Waals surface area contributed by atoms with Gasteiger partial charge in [0.2, 0.25) is 5.88 Å². The Morgan fingerprint density at radius 2 is 2.20 bits per heavy atom. The van der Waals surface area contributed by atoms with Crippen molar-refractivity contribution in [3.8, 4) is 11.6 Å². The summed E-state index contributed by atoms with van der Waals surface area (Å²) < 4.78 is 7.32. The molecule has 0 unspecified atom stereocenters. The van der Waals surface area contributed by atoms with Crippen molar-refractivity contribution < 1.29 is 4.74 Å². The van der Waals surface area contributed by atoms with Crippen molar-refractivity contribution in [2.45, 2.75) is 20.4 Å². The molecule has 0 radical (unpaired) electrons. The lowest BCUT2D eigenvalue weighted by molar-refractivity contribution is 0.460. The number of ether oxygens (including phenoxy) is 1. The van der Waals surface area contributed by atoms with Crippen LogP contribution in [0.5, 0.6) is 11.6 Å². The van der Waals surface area contributed by atoms with Gasteiger partial charge >= 0.3 is 0 Å². The van der Waals surface area contributed by atoms with Gasteiger partial charge < -0.3 is 10.1 Å². The molecule has 6 heteroatoms. The molecule has 0 atom stereocenters. The highest BCUT2D eigenvalue weighted by atomic mass is 35.5. The molecule has 2 aromatic heterocycles. The van der Waals surface area contributed by atoms with Crippen LogP contribution in [0.15, 0.2) is 24.7 Å². The number of rotatable bonds is 6. The van der Waals surface area contributed by atoms with Crippen molar-refractivity contribution in [2.75, 3.05) is 6.54 Å². The smallest absolute Gasteiger partial charge is 0.219 e. The van der Waals surface area contributed by atoms with Crippen molar-refractivity contribution >= 4 is 11.6 Å². The fraction of sp³-hybridized carbons (Fsp3) is 0.429. The van der Waals surface area contributed by atoms with Crippen molar-refractivity contribution in [2.24, 2.45) is 13.0 Å². The molecule has 1 N–H and O–H groups in total. The minimum Gasteiger partial charge on any atom is -0.436 e. The van der Waals surface area contributed by atoms with Crippen molar-refractivity contribution in [3.05, 3.63) is 35.2 Å². The second-order valence-electron chi connectivity index (χ2n) is 5.09. The first-order valence-corrected chi connectivity index (χ1v) is 6.94. The van der Waals surface area contributed by atoms with Crippen LogP contribution in [0.4, 0.5) is 0 Å². The third-order valence-corrected chi connectivity index (χ3v) is 3.02. The van der Waals surface area contributed by atoms with Crippen molar-refractivity contribution in [3.63, 3.8) is 0 Å². The van der Waals surface area contributed by atoms with Crippen LogP contribution in [0.2, 0.25) is 5.02 Å². The zero-order valence-electron chi connectivity index (χ0n) is 11.9. The standard InChI is InChI=1S/C14H19ClN4O/c1-10(2)5-16-6-11-4-14(17-8-13(11)15)20-12-7-18-19(3)9-12/h4,7-10,16H,5-6H2,1-3H3. The first kappa shape index (κ1) is 14.8. The molecule has 0 saturated heterocycles. The zero-order chi connectivity index (χ0) is 14.5. The normalized spacial score (nSPS) is 11.1. The van der Waals surface area contributed by atoms with Gasteiger partial charge in [0.1, 0.15) is 0 Å². The third-order valence-electron chi connectivity index (χ3n) is 2.68. The first-order valence-electron chi connectivity index (χ1n) is 6.56. The molecule has 0 aliphatic rings. The lowest BCUT2D eigenvalue weighted by Gasteiger charge is -2.10. The van der Waals surface area contributed by atoms with E-state index in [4.69, 9.17) is 16.3 Å². The number of aromatic nitrogens is 3. The predicted molar refractivity (Wildman–Crippen MR) is 79.1 cm³/mol. The Morgan fingerprint density at radius 3 is 2.85 bits per heavy atom. The van der Waals surface area contributed by atoms with Gasteiger partial charge in [-0.15, -0.1) is 0 Å². The number of hydrogen-bond acceptors (Lipinski definition) is 4. The summed E-state index contributed by atoms with van der Waals surface area (Å²) in [4.78, 5) is 4.17. The van der Waals surface area contributed by atoms with Gasteiger partial charge in [0.25, 0.3) is 0 Å². The summed E-state index contributed by atoms with van der Waals surface area (Å²) in [5.41, 5.74) is 0.973. The lowest BCUT2D eigenvalue weighted by Crippen LogP contribution is -2.19. The summed E-state index contributed by atoms with van der Waals surface area (Å²) in [5, 5.41) is 8.04. The molecule has 2 rings (SSSR count). The molecule has 0 saturated carbocycles. The topological polar surface area (TPSA) is 52.0 Å². The average molecular weight is 295 g/mol. The molecular weight excluding hydrogens is 276 g/mol. The minimum absolute atomic E-state index is 0.517. The number of nitrogens with one attached hydrogen (secondary N) is 1. The highest BCUT2D eigenvalue weighted by Crippen LogP contribution is 2.23. The average Bonchev–Trinajstić information content (AvgIpc) is 2.78. The number of halogens is 1. The molecule has 0 aliphatic heterocycles. The molecule has 5 nitrogen and oxygen atoms in total. The molecule has 0 amide bonds. The van der Waals surface area contributed by atoms with Gasteiger partial charge in [-0.1, -0.05) is 25.4 Å². The zero-order valence-corrected chi connectivity index (χ0v) is 12.7. The summed E-state index contributed by atoms with van der Waals surface area (Å²) in [5.74, 6) is 1.77. The maximum absolute atomic E-state index is 6.14. The Kier molecular flexibility index (Phi) is 4.98. The molecule has 0 fully saturated rings. The minimum atomic E-state index is 0.517. The Hall–Kier alpha value is -1.59. The lowest BCUT2D eigenvalue weighted by atomic mass is 10.2. The second kappa shape index (κ2) is 6.72. The van der Waals surface area contributed by atoms with E-state index in [1.807, 2.05) is 13.1 Å². The van der Waals surface area contributed by atoms with Crippen molar-refractivity contribution in [1.82, 2.24) is 20.1 Å². The highest BCUT2D eigenvalue weighted by Gasteiger charge is 2.06. The summed E-state index contributed by atoms with van der Waals surface area (Å²) >= 11 is 6.14. The molecule has 108 valence electrons. The summed E-state index contributed by atoms with van der Waals surface area (Å²) in [7, 11) is 1.84. The Bertz CT molecular complexity index is 568. The maximum atomic E-state index is 6.14. The number of pyridine rings is 1. The van der Waals surface area contributed by atoms with E-state index in [1.54, 1.807) is 23.3 Å². The molecule has 2 aromatic rings. The van der Waals surface area contributed by atoms with Gasteiger partial charge in [-0.2, -0.15) is 5.10 Å². The third kappa shape index (κ3) is 4.21. The van der Waals surface area contributed by atoms with Crippen LogP contribution >= 0.6 is 11.6 Å². The van der Waals surface area contributed by atoms with E-state index in [0.29, 0.717) is 29.1 Å².